The van der Waals surface area contributed by atoms with Crippen molar-refractivity contribution in [1.29, 1.82) is 0 Å². The quantitative estimate of drug-likeness (QED) is 0.757. The SMILES string of the molecule is CC1CCC(c2cnc3scnc3c2)=NC1. The fourth-order valence-corrected chi connectivity index (χ4v) is 2.58. The lowest BCUT2D eigenvalue weighted by Gasteiger charge is -2.17. The molecule has 1 aliphatic rings. The third kappa shape index (κ3) is 1.73. The first kappa shape index (κ1) is 9.90. The lowest BCUT2D eigenvalue weighted by molar-refractivity contribution is 0.538. The van der Waals surface area contributed by atoms with Crippen molar-refractivity contribution in [2.75, 3.05) is 6.54 Å². The average Bonchev–Trinajstić information content (AvgIpc) is 2.77. The van der Waals surface area contributed by atoms with E-state index < -0.39 is 0 Å². The highest BCUT2D eigenvalue weighted by Gasteiger charge is 2.13. The van der Waals surface area contributed by atoms with Crippen LogP contribution in [0.3, 0.4) is 0 Å². The van der Waals surface area contributed by atoms with Gasteiger partial charge >= 0.3 is 0 Å². The van der Waals surface area contributed by atoms with E-state index in [1.165, 1.54) is 12.1 Å². The molecule has 2 aromatic rings. The molecule has 0 fully saturated rings. The second-order valence-electron chi connectivity index (χ2n) is 4.33. The Kier molecular flexibility index (Phi) is 2.44. The number of pyridine rings is 1. The average molecular weight is 231 g/mol. The number of hydrogen-bond donors (Lipinski definition) is 0. The summed E-state index contributed by atoms with van der Waals surface area (Å²) < 4.78 is 0. The molecule has 0 saturated carbocycles. The fourth-order valence-electron chi connectivity index (χ4n) is 1.97. The van der Waals surface area contributed by atoms with Crippen molar-refractivity contribution in [3.63, 3.8) is 0 Å². The van der Waals surface area contributed by atoms with Crippen molar-refractivity contribution in [3.05, 3.63) is 23.3 Å². The van der Waals surface area contributed by atoms with Crippen LogP contribution in [0, 0.1) is 5.92 Å². The third-order valence-electron chi connectivity index (χ3n) is 2.99. The normalized spacial score (nSPS) is 21.1. The number of thiazole rings is 1. The van der Waals surface area contributed by atoms with Gasteiger partial charge in [0.15, 0.2) is 0 Å². The highest BCUT2D eigenvalue weighted by atomic mass is 32.1. The second kappa shape index (κ2) is 3.94. The summed E-state index contributed by atoms with van der Waals surface area (Å²) in [5.74, 6) is 0.722. The van der Waals surface area contributed by atoms with E-state index in [-0.39, 0.29) is 0 Å². The number of nitrogens with zero attached hydrogens (tertiary/aromatic N) is 3. The lowest BCUT2D eigenvalue weighted by atomic mass is 9.97. The number of aromatic nitrogens is 2. The highest BCUT2D eigenvalue weighted by Crippen LogP contribution is 2.21. The molecule has 3 rings (SSSR count). The molecule has 0 spiro atoms. The molecule has 0 aliphatic carbocycles. The smallest absolute Gasteiger partial charge is 0.143 e. The number of aliphatic imine (C=N–C) groups is 1. The van der Waals surface area contributed by atoms with E-state index in [0.29, 0.717) is 0 Å². The number of fused-ring (bicyclic) bond motifs is 1. The molecule has 0 aromatic carbocycles. The Labute approximate surface area is 98.3 Å². The summed E-state index contributed by atoms with van der Waals surface area (Å²) in [6.45, 7) is 3.20. The van der Waals surface area contributed by atoms with Gasteiger partial charge in [-0.25, -0.2) is 9.97 Å². The standard InChI is InChI=1S/C12H13N3S/c1-8-2-3-10(13-5-8)9-4-11-12(14-6-9)16-7-15-11/h4,6-8H,2-3,5H2,1H3. The van der Waals surface area contributed by atoms with Gasteiger partial charge in [0.1, 0.15) is 10.3 Å². The van der Waals surface area contributed by atoms with Crippen LogP contribution in [0.2, 0.25) is 0 Å². The predicted molar refractivity (Wildman–Crippen MR) is 67.2 cm³/mol. The van der Waals surface area contributed by atoms with Gasteiger partial charge in [0, 0.05) is 24.0 Å². The zero-order chi connectivity index (χ0) is 11.0. The van der Waals surface area contributed by atoms with Crippen LogP contribution >= 0.6 is 11.3 Å². The summed E-state index contributed by atoms with van der Waals surface area (Å²) in [6.07, 6.45) is 4.22. The van der Waals surface area contributed by atoms with Crippen molar-refractivity contribution in [1.82, 2.24) is 9.97 Å². The van der Waals surface area contributed by atoms with Crippen LogP contribution in [0.25, 0.3) is 10.3 Å². The first-order chi connectivity index (χ1) is 7.83. The zero-order valence-corrected chi connectivity index (χ0v) is 10.00. The number of hydrogen-bond acceptors (Lipinski definition) is 4. The van der Waals surface area contributed by atoms with Gasteiger partial charge in [0.25, 0.3) is 0 Å². The summed E-state index contributed by atoms with van der Waals surface area (Å²) in [6, 6.07) is 2.10. The van der Waals surface area contributed by atoms with Gasteiger partial charge in [0.05, 0.1) is 5.51 Å². The van der Waals surface area contributed by atoms with Crippen LogP contribution in [-0.2, 0) is 0 Å². The van der Waals surface area contributed by atoms with Gasteiger partial charge < -0.3 is 0 Å². The van der Waals surface area contributed by atoms with Crippen molar-refractivity contribution in [2.45, 2.75) is 19.8 Å². The Morgan fingerprint density at radius 1 is 1.38 bits per heavy atom. The van der Waals surface area contributed by atoms with E-state index in [4.69, 9.17) is 0 Å². The van der Waals surface area contributed by atoms with E-state index in [2.05, 4.69) is 28.0 Å². The monoisotopic (exact) mass is 231 g/mol. The summed E-state index contributed by atoms with van der Waals surface area (Å²) in [5.41, 5.74) is 5.17. The van der Waals surface area contributed by atoms with Gasteiger partial charge in [0.2, 0.25) is 0 Å². The van der Waals surface area contributed by atoms with E-state index in [1.54, 1.807) is 11.3 Å². The van der Waals surface area contributed by atoms with E-state index >= 15 is 0 Å². The minimum Gasteiger partial charge on any atom is -0.289 e. The maximum atomic E-state index is 4.62. The Hall–Kier alpha value is -1.29. The van der Waals surface area contributed by atoms with Crippen molar-refractivity contribution in [3.8, 4) is 0 Å². The van der Waals surface area contributed by atoms with Crippen LogP contribution in [0.5, 0.6) is 0 Å². The van der Waals surface area contributed by atoms with E-state index in [0.717, 1.165) is 34.8 Å². The Balaban J connectivity index is 1.99. The maximum Gasteiger partial charge on any atom is 0.143 e. The summed E-state index contributed by atoms with van der Waals surface area (Å²) in [7, 11) is 0. The Morgan fingerprint density at radius 3 is 3.12 bits per heavy atom. The largest absolute Gasteiger partial charge is 0.289 e. The van der Waals surface area contributed by atoms with Crippen LogP contribution in [0.1, 0.15) is 25.3 Å². The molecule has 0 N–H and O–H groups in total. The molecule has 82 valence electrons. The van der Waals surface area contributed by atoms with Gasteiger partial charge in [-0.15, -0.1) is 11.3 Å². The van der Waals surface area contributed by atoms with Crippen LogP contribution in [0.15, 0.2) is 22.8 Å². The van der Waals surface area contributed by atoms with Crippen molar-refractivity contribution in [2.24, 2.45) is 10.9 Å². The molecular formula is C12H13N3S. The first-order valence-electron chi connectivity index (χ1n) is 5.56. The van der Waals surface area contributed by atoms with Crippen LogP contribution in [0.4, 0.5) is 0 Å². The predicted octanol–water partition coefficient (Wildman–Crippen LogP) is 2.91. The van der Waals surface area contributed by atoms with Gasteiger partial charge in [-0.2, -0.15) is 0 Å². The first-order valence-corrected chi connectivity index (χ1v) is 6.44. The van der Waals surface area contributed by atoms with Crippen molar-refractivity contribution >= 4 is 27.4 Å². The Bertz CT molecular complexity index is 544. The molecule has 0 saturated heterocycles. The molecule has 4 heteroatoms. The second-order valence-corrected chi connectivity index (χ2v) is 5.17. The highest BCUT2D eigenvalue weighted by molar-refractivity contribution is 7.16. The molecule has 0 radical (unpaired) electrons. The molecule has 3 nitrogen and oxygen atoms in total. The molecular weight excluding hydrogens is 218 g/mol. The third-order valence-corrected chi connectivity index (χ3v) is 3.74. The molecule has 1 aliphatic heterocycles. The Morgan fingerprint density at radius 2 is 2.31 bits per heavy atom. The minimum atomic E-state index is 0.722. The zero-order valence-electron chi connectivity index (χ0n) is 9.18. The fraction of sp³-hybridized carbons (Fsp3) is 0.417. The van der Waals surface area contributed by atoms with Gasteiger partial charge in [-0.05, 0) is 24.8 Å². The van der Waals surface area contributed by atoms with E-state index in [9.17, 15) is 0 Å². The van der Waals surface area contributed by atoms with Gasteiger partial charge in [-0.3, -0.25) is 4.99 Å². The molecule has 2 aromatic heterocycles. The molecule has 1 unspecified atom stereocenters. The topological polar surface area (TPSA) is 38.1 Å². The van der Waals surface area contributed by atoms with Crippen LogP contribution in [-0.4, -0.2) is 22.2 Å². The minimum absolute atomic E-state index is 0.722. The maximum absolute atomic E-state index is 4.62. The molecule has 0 amide bonds. The molecule has 3 heterocycles. The summed E-state index contributed by atoms with van der Waals surface area (Å²) in [4.78, 5) is 14.3. The molecule has 0 bridgehead atoms. The van der Waals surface area contributed by atoms with Gasteiger partial charge in [-0.1, -0.05) is 6.92 Å². The number of rotatable bonds is 1. The molecule has 16 heavy (non-hydrogen) atoms. The lowest BCUT2D eigenvalue weighted by Crippen LogP contribution is -2.14. The van der Waals surface area contributed by atoms with E-state index in [1.807, 2.05) is 11.7 Å². The molecule has 1 atom stereocenters. The summed E-state index contributed by atoms with van der Waals surface area (Å²) in [5, 5.41) is 0. The van der Waals surface area contributed by atoms with Crippen molar-refractivity contribution < 1.29 is 0 Å². The summed E-state index contributed by atoms with van der Waals surface area (Å²) >= 11 is 1.58. The van der Waals surface area contributed by atoms with Crippen LogP contribution < -0.4 is 0 Å².